The molecule has 0 unspecified atom stereocenters. The normalized spacial score (nSPS) is 11.3. The molecule has 0 amide bonds. The second-order valence-electron chi connectivity index (χ2n) is 20.4. The van der Waals surface area contributed by atoms with Gasteiger partial charge in [-0.05, 0) is 200 Å². The molecular formula is C72H67N3S. The third-order valence-corrected chi connectivity index (χ3v) is 16.3. The van der Waals surface area contributed by atoms with E-state index in [2.05, 4.69) is 280 Å². The van der Waals surface area contributed by atoms with Crippen molar-refractivity contribution in [3.63, 3.8) is 0 Å². The minimum absolute atomic E-state index is 1.11. The molecule has 4 heteroatoms. The number of aryl methyl sites for hydroxylation is 5. The highest BCUT2D eigenvalue weighted by Gasteiger charge is 2.21. The maximum absolute atomic E-state index is 2.44. The van der Waals surface area contributed by atoms with Crippen molar-refractivity contribution in [3.05, 3.63) is 258 Å². The van der Waals surface area contributed by atoms with E-state index >= 15 is 0 Å². The van der Waals surface area contributed by atoms with Crippen LogP contribution in [-0.2, 0) is 6.42 Å². The summed E-state index contributed by atoms with van der Waals surface area (Å²) in [5.74, 6) is 0. The van der Waals surface area contributed by atoms with Crippen molar-refractivity contribution in [1.29, 1.82) is 0 Å². The van der Waals surface area contributed by atoms with Gasteiger partial charge in [0.05, 0.1) is 10.4 Å². The topological polar surface area (TPSA) is 9.72 Å². The lowest BCUT2D eigenvalue weighted by molar-refractivity contribution is 0.607. The molecule has 0 saturated carbocycles. The number of para-hydroxylation sites is 3. The molecule has 376 valence electrons. The zero-order chi connectivity index (χ0) is 52.0. The summed E-state index contributed by atoms with van der Waals surface area (Å²) in [6, 6.07) is 84.9. The number of anilines is 9. The first-order chi connectivity index (χ1) is 37.3. The van der Waals surface area contributed by atoms with Gasteiger partial charge in [-0.1, -0.05) is 160 Å². The fourth-order valence-corrected chi connectivity index (χ4v) is 12.4. The first kappa shape index (κ1) is 50.0. The fourth-order valence-electron chi connectivity index (χ4n) is 11.2. The number of nitrogens with zero attached hydrogens (tertiary/aromatic N) is 3. The van der Waals surface area contributed by atoms with Crippen LogP contribution in [0.1, 0.15) is 73.3 Å². The van der Waals surface area contributed by atoms with Crippen LogP contribution in [0.5, 0.6) is 0 Å². The Balaban J connectivity index is 0.926. The molecule has 10 aromatic carbocycles. The largest absolute Gasteiger partial charge is 0.310 e. The number of thiophene rings is 1. The van der Waals surface area contributed by atoms with Crippen LogP contribution in [-0.4, -0.2) is 0 Å². The predicted molar refractivity (Wildman–Crippen MR) is 330 cm³/mol. The summed E-state index contributed by atoms with van der Waals surface area (Å²) in [7, 11) is 0. The number of rotatable bonds is 18. The maximum atomic E-state index is 2.44. The van der Waals surface area contributed by atoms with Crippen LogP contribution in [0.4, 0.5) is 51.2 Å². The molecular weight excluding hydrogens is 939 g/mol. The Hall–Kier alpha value is -8.18. The van der Waals surface area contributed by atoms with Crippen molar-refractivity contribution in [2.45, 2.75) is 79.6 Å². The summed E-state index contributed by atoms with van der Waals surface area (Å²) < 4.78 is 2.60. The standard InChI is InChI=1S/C72H67N3S/c1-6-7-8-9-10-14-24-55-35-37-59(38-36-55)74(61-40-44-65(52(3)48-61)64-43-39-60(47-51(64)2)73(56-25-15-11-16-26-56)57-27-17-12-18-28-57)62-41-45-66(53(4)49-62)67-46-42-63(50-54(67)5)75(58-29-19-13-20-30-58)70-33-23-32-69-68-31-21-22-34-71(68)76-72(69)70/h11-13,15-23,25-50H,6-10,14,24H2,1-5H3. The summed E-state index contributed by atoms with van der Waals surface area (Å²) in [5, 5.41) is 2.60. The van der Waals surface area contributed by atoms with Crippen molar-refractivity contribution in [2.24, 2.45) is 0 Å². The van der Waals surface area contributed by atoms with E-state index in [4.69, 9.17) is 0 Å². The smallest absolute Gasteiger partial charge is 0.0640 e. The van der Waals surface area contributed by atoms with Gasteiger partial charge in [-0.2, -0.15) is 0 Å². The Kier molecular flexibility index (Phi) is 15.0. The molecule has 0 bridgehead atoms. The quantitative estimate of drug-likeness (QED) is 0.0793. The third-order valence-electron chi connectivity index (χ3n) is 15.1. The average molecular weight is 1010 g/mol. The molecule has 0 radical (unpaired) electrons. The van der Waals surface area contributed by atoms with Crippen LogP contribution in [0.25, 0.3) is 42.4 Å². The molecule has 3 nitrogen and oxygen atoms in total. The molecule has 11 aromatic rings. The van der Waals surface area contributed by atoms with Crippen molar-refractivity contribution in [1.82, 2.24) is 0 Å². The van der Waals surface area contributed by atoms with Gasteiger partial charge in [-0.15, -0.1) is 11.3 Å². The Morgan fingerprint density at radius 2 is 0.697 bits per heavy atom. The van der Waals surface area contributed by atoms with E-state index in [0.29, 0.717) is 0 Å². The van der Waals surface area contributed by atoms with Gasteiger partial charge in [0.15, 0.2) is 0 Å². The second kappa shape index (κ2) is 22.7. The summed E-state index contributed by atoms with van der Waals surface area (Å²) in [4.78, 5) is 7.20. The van der Waals surface area contributed by atoms with Crippen LogP contribution in [0.15, 0.2) is 231 Å². The number of hydrogen-bond acceptors (Lipinski definition) is 4. The minimum atomic E-state index is 1.11. The SMILES string of the molecule is CCCCCCCCc1ccc(N(c2ccc(-c3ccc(N(c4ccccc4)c4ccccc4)cc3C)c(C)c2)c2ccc(-c3ccc(N(c4ccccc4)c4cccc5c4sc4ccccc45)cc3C)c(C)c2)cc1. The van der Waals surface area contributed by atoms with E-state index in [9.17, 15) is 0 Å². The molecule has 11 rings (SSSR count). The van der Waals surface area contributed by atoms with Crippen LogP contribution < -0.4 is 14.7 Å². The number of fused-ring (bicyclic) bond motifs is 3. The van der Waals surface area contributed by atoms with E-state index in [1.807, 2.05) is 11.3 Å². The summed E-state index contributed by atoms with van der Waals surface area (Å²) in [5.41, 5.74) is 21.6. The maximum Gasteiger partial charge on any atom is 0.0640 e. The van der Waals surface area contributed by atoms with Crippen LogP contribution >= 0.6 is 11.3 Å². The molecule has 1 heterocycles. The van der Waals surface area contributed by atoms with Crippen LogP contribution in [0.2, 0.25) is 0 Å². The Bertz CT molecular complexity index is 3710. The number of benzene rings is 10. The third kappa shape index (κ3) is 10.4. The summed E-state index contributed by atoms with van der Waals surface area (Å²) in [6.07, 6.45) is 8.93. The van der Waals surface area contributed by atoms with E-state index < -0.39 is 0 Å². The van der Waals surface area contributed by atoms with Gasteiger partial charge in [0.1, 0.15) is 0 Å². The zero-order valence-corrected chi connectivity index (χ0v) is 45.5. The Morgan fingerprint density at radius 3 is 1.18 bits per heavy atom. The lowest BCUT2D eigenvalue weighted by atomic mass is 9.94. The van der Waals surface area contributed by atoms with Gasteiger partial charge in [0.2, 0.25) is 0 Å². The van der Waals surface area contributed by atoms with Gasteiger partial charge in [-0.25, -0.2) is 0 Å². The van der Waals surface area contributed by atoms with Crippen molar-refractivity contribution in [3.8, 4) is 22.3 Å². The van der Waals surface area contributed by atoms with Crippen molar-refractivity contribution >= 4 is 82.7 Å². The van der Waals surface area contributed by atoms with E-state index in [0.717, 1.165) is 51.9 Å². The molecule has 0 N–H and O–H groups in total. The molecule has 0 aliphatic carbocycles. The summed E-state index contributed by atoms with van der Waals surface area (Å²) >= 11 is 1.87. The zero-order valence-electron chi connectivity index (χ0n) is 44.6. The first-order valence-electron chi connectivity index (χ1n) is 27.3. The highest BCUT2D eigenvalue weighted by Crippen LogP contribution is 2.47. The second-order valence-corrected chi connectivity index (χ2v) is 21.5. The average Bonchev–Trinajstić information content (AvgIpc) is 3.84. The Morgan fingerprint density at radius 1 is 0.316 bits per heavy atom. The lowest BCUT2D eigenvalue weighted by Crippen LogP contribution is -2.11. The first-order valence-corrected chi connectivity index (χ1v) is 28.1. The van der Waals surface area contributed by atoms with Gasteiger partial charge in [-0.3, -0.25) is 0 Å². The molecule has 0 atom stereocenters. The van der Waals surface area contributed by atoms with Gasteiger partial charge in [0, 0.05) is 61.0 Å². The predicted octanol–water partition coefficient (Wildman–Crippen LogP) is 21.9. The van der Waals surface area contributed by atoms with Gasteiger partial charge >= 0.3 is 0 Å². The van der Waals surface area contributed by atoms with Gasteiger partial charge in [0.25, 0.3) is 0 Å². The molecule has 76 heavy (non-hydrogen) atoms. The monoisotopic (exact) mass is 1010 g/mol. The molecule has 0 saturated heterocycles. The summed E-state index contributed by atoms with van der Waals surface area (Å²) in [6.45, 7) is 11.3. The molecule has 0 fully saturated rings. The fraction of sp³-hybridized carbons (Fsp3) is 0.167. The highest BCUT2D eigenvalue weighted by atomic mass is 32.1. The lowest BCUT2D eigenvalue weighted by Gasteiger charge is -2.28. The molecule has 0 aliphatic rings. The van der Waals surface area contributed by atoms with Crippen molar-refractivity contribution < 1.29 is 0 Å². The van der Waals surface area contributed by atoms with E-state index in [-0.39, 0.29) is 0 Å². The van der Waals surface area contributed by atoms with E-state index in [1.165, 1.54) is 114 Å². The highest BCUT2D eigenvalue weighted by molar-refractivity contribution is 7.26. The van der Waals surface area contributed by atoms with Crippen molar-refractivity contribution in [2.75, 3.05) is 14.7 Å². The molecule has 1 aromatic heterocycles. The van der Waals surface area contributed by atoms with Gasteiger partial charge < -0.3 is 14.7 Å². The Labute approximate surface area is 455 Å². The number of hydrogen-bond donors (Lipinski definition) is 0. The van der Waals surface area contributed by atoms with Crippen LogP contribution in [0, 0.1) is 27.7 Å². The molecule has 0 spiro atoms. The number of unbranched alkanes of at least 4 members (excludes halogenated alkanes) is 5. The van der Waals surface area contributed by atoms with E-state index in [1.54, 1.807) is 0 Å². The van der Waals surface area contributed by atoms with Crippen LogP contribution in [0.3, 0.4) is 0 Å². The minimum Gasteiger partial charge on any atom is -0.310 e. The molecule has 0 aliphatic heterocycles.